The summed E-state index contributed by atoms with van der Waals surface area (Å²) in [5.74, 6) is 0. The first-order valence-corrected chi connectivity index (χ1v) is 7.66. The minimum atomic E-state index is -3.52. The van der Waals surface area contributed by atoms with Crippen LogP contribution in [0.4, 0.5) is 5.69 Å². The third-order valence-electron chi connectivity index (χ3n) is 2.83. The number of anilines is 1. The van der Waals surface area contributed by atoms with Gasteiger partial charge in [-0.25, -0.2) is 8.42 Å². The van der Waals surface area contributed by atoms with E-state index in [1.807, 2.05) is 13.8 Å². The van der Waals surface area contributed by atoms with Gasteiger partial charge in [-0.15, -0.1) is 0 Å². The third kappa shape index (κ3) is 3.68. The van der Waals surface area contributed by atoms with Crippen LogP contribution in [0.1, 0.15) is 13.8 Å². The van der Waals surface area contributed by atoms with Crippen molar-refractivity contribution in [2.75, 3.05) is 32.6 Å². The van der Waals surface area contributed by atoms with Crippen LogP contribution in [0.3, 0.4) is 0 Å². The fourth-order valence-electron chi connectivity index (χ4n) is 1.86. The van der Waals surface area contributed by atoms with Crippen molar-refractivity contribution in [1.29, 1.82) is 0 Å². The van der Waals surface area contributed by atoms with Gasteiger partial charge < -0.3 is 10.1 Å². The molecule has 1 N–H and O–H groups in total. The lowest BCUT2D eigenvalue weighted by atomic mass is 10.3. The second-order valence-corrected chi connectivity index (χ2v) is 6.31. The Kier molecular flexibility index (Phi) is 5.78. The van der Waals surface area contributed by atoms with E-state index in [0.717, 1.165) is 0 Å². The first-order chi connectivity index (χ1) is 8.95. The molecule has 0 aliphatic carbocycles. The molecular formula is C13H22N2O3S. The van der Waals surface area contributed by atoms with E-state index in [-0.39, 0.29) is 6.04 Å². The van der Waals surface area contributed by atoms with Gasteiger partial charge in [0.05, 0.1) is 12.3 Å². The lowest BCUT2D eigenvalue weighted by Crippen LogP contribution is -2.39. The van der Waals surface area contributed by atoms with Crippen LogP contribution in [0.25, 0.3) is 0 Å². The monoisotopic (exact) mass is 286 g/mol. The molecule has 108 valence electrons. The van der Waals surface area contributed by atoms with Gasteiger partial charge in [-0.05, 0) is 26.0 Å². The van der Waals surface area contributed by atoms with Crippen molar-refractivity contribution in [2.24, 2.45) is 0 Å². The van der Waals surface area contributed by atoms with Crippen LogP contribution in [0.15, 0.2) is 29.2 Å². The molecule has 0 aliphatic rings. The number of hydrogen-bond acceptors (Lipinski definition) is 4. The summed E-state index contributed by atoms with van der Waals surface area (Å²) in [6.45, 7) is 4.43. The molecule has 5 nitrogen and oxygen atoms in total. The third-order valence-corrected chi connectivity index (χ3v) is 4.97. The molecule has 19 heavy (non-hydrogen) atoms. The van der Waals surface area contributed by atoms with Crippen LogP contribution < -0.4 is 5.32 Å². The quantitative estimate of drug-likeness (QED) is 0.830. The second-order valence-electron chi connectivity index (χ2n) is 4.45. The lowest BCUT2D eigenvalue weighted by molar-refractivity contribution is 0.171. The van der Waals surface area contributed by atoms with Crippen molar-refractivity contribution in [1.82, 2.24) is 4.31 Å². The standard InChI is InChI=1S/C13H22N2O3S/c1-11(2)15(9-10-18-4)19(16,17)13-8-6-5-7-12(13)14-3/h5-8,11,14H,9-10H2,1-4H3. The molecule has 0 bridgehead atoms. The number of para-hydroxylation sites is 1. The summed E-state index contributed by atoms with van der Waals surface area (Å²) in [5.41, 5.74) is 0.602. The predicted molar refractivity (Wildman–Crippen MR) is 76.9 cm³/mol. The highest BCUT2D eigenvalue weighted by Gasteiger charge is 2.28. The van der Waals surface area contributed by atoms with Gasteiger partial charge in [0.15, 0.2) is 0 Å². The highest BCUT2D eigenvalue weighted by atomic mass is 32.2. The predicted octanol–water partition coefficient (Wildman–Crippen LogP) is 1.77. The molecule has 0 saturated carbocycles. The maximum atomic E-state index is 12.7. The first-order valence-electron chi connectivity index (χ1n) is 6.22. The van der Waals surface area contributed by atoms with Crippen molar-refractivity contribution >= 4 is 15.7 Å². The Balaban J connectivity index is 3.19. The molecule has 0 aromatic heterocycles. The normalized spacial score (nSPS) is 12.1. The van der Waals surface area contributed by atoms with Crippen molar-refractivity contribution < 1.29 is 13.2 Å². The van der Waals surface area contributed by atoms with Gasteiger partial charge in [0.2, 0.25) is 10.0 Å². The maximum Gasteiger partial charge on any atom is 0.245 e. The Labute approximate surface area is 115 Å². The van der Waals surface area contributed by atoms with E-state index in [9.17, 15) is 8.42 Å². The Morgan fingerprint density at radius 3 is 2.47 bits per heavy atom. The number of nitrogens with one attached hydrogen (secondary N) is 1. The number of methoxy groups -OCH3 is 1. The van der Waals surface area contributed by atoms with E-state index in [4.69, 9.17) is 4.74 Å². The van der Waals surface area contributed by atoms with Gasteiger partial charge in [0.25, 0.3) is 0 Å². The van der Waals surface area contributed by atoms with Crippen molar-refractivity contribution in [3.63, 3.8) is 0 Å². The Morgan fingerprint density at radius 1 is 1.32 bits per heavy atom. The van der Waals surface area contributed by atoms with E-state index in [0.29, 0.717) is 23.7 Å². The van der Waals surface area contributed by atoms with Crippen LogP contribution in [0, 0.1) is 0 Å². The number of rotatable bonds is 7. The van der Waals surface area contributed by atoms with Crippen LogP contribution in [-0.4, -0.2) is 46.1 Å². The van der Waals surface area contributed by atoms with Crippen LogP contribution in [-0.2, 0) is 14.8 Å². The Hall–Kier alpha value is -1.11. The van der Waals surface area contributed by atoms with E-state index in [1.165, 1.54) is 4.31 Å². The zero-order valence-corrected chi connectivity index (χ0v) is 12.7. The Bertz CT molecular complexity index is 500. The number of ether oxygens (including phenoxy) is 1. The SMILES string of the molecule is CNc1ccccc1S(=O)(=O)N(CCOC)C(C)C. The van der Waals surface area contributed by atoms with Crippen LogP contribution in [0.2, 0.25) is 0 Å². The summed E-state index contributed by atoms with van der Waals surface area (Å²) in [6.07, 6.45) is 0. The summed E-state index contributed by atoms with van der Waals surface area (Å²) in [4.78, 5) is 0.294. The molecule has 0 unspecified atom stereocenters. The molecule has 0 aliphatic heterocycles. The molecule has 0 fully saturated rings. The highest BCUT2D eigenvalue weighted by Crippen LogP contribution is 2.25. The molecule has 0 heterocycles. The number of hydrogen-bond donors (Lipinski definition) is 1. The van der Waals surface area contributed by atoms with Crippen molar-refractivity contribution in [2.45, 2.75) is 24.8 Å². The minimum absolute atomic E-state index is 0.120. The van der Waals surface area contributed by atoms with Gasteiger partial charge in [-0.3, -0.25) is 0 Å². The number of sulfonamides is 1. The van der Waals surface area contributed by atoms with Gasteiger partial charge in [0.1, 0.15) is 4.90 Å². The van der Waals surface area contributed by atoms with Crippen LogP contribution >= 0.6 is 0 Å². The van der Waals surface area contributed by atoms with Crippen molar-refractivity contribution in [3.05, 3.63) is 24.3 Å². The summed E-state index contributed by atoms with van der Waals surface area (Å²) in [5, 5.41) is 2.91. The average Bonchev–Trinajstić information content (AvgIpc) is 2.38. The lowest BCUT2D eigenvalue weighted by Gasteiger charge is -2.26. The zero-order chi connectivity index (χ0) is 14.5. The van der Waals surface area contributed by atoms with Crippen LogP contribution in [0.5, 0.6) is 0 Å². The topological polar surface area (TPSA) is 58.6 Å². The molecule has 1 aromatic rings. The maximum absolute atomic E-state index is 12.7. The summed E-state index contributed by atoms with van der Waals surface area (Å²) in [6, 6.07) is 6.78. The molecule has 1 rings (SSSR count). The molecule has 0 saturated heterocycles. The fraction of sp³-hybridized carbons (Fsp3) is 0.538. The van der Waals surface area contributed by atoms with Gasteiger partial charge in [-0.1, -0.05) is 12.1 Å². The number of benzene rings is 1. The van der Waals surface area contributed by atoms with Crippen molar-refractivity contribution in [3.8, 4) is 0 Å². The smallest absolute Gasteiger partial charge is 0.245 e. The largest absolute Gasteiger partial charge is 0.387 e. The average molecular weight is 286 g/mol. The van der Waals surface area contributed by atoms with Gasteiger partial charge in [-0.2, -0.15) is 4.31 Å². The highest BCUT2D eigenvalue weighted by molar-refractivity contribution is 7.89. The van der Waals surface area contributed by atoms with E-state index in [2.05, 4.69) is 5.32 Å². The summed E-state index contributed by atoms with van der Waals surface area (Å²) < 4.78 is 31.8. The minimum Gasteiger partial charge on any atom is -0.387 e. The molecule has 1 aromatic carbocycles. The molecule has 0 amide bonds. The molecule has 0 radical (unpaired) electrons. The fourth-order valence-corrected chi connectivity index (χ4v) is 3.68. The molecule has 0 spiro atoms. The van der Waals surface area contributed by atoms with E-state index in [1.54, 1.807) is 38.4 Å². The number of nitrogens with zero attached hydrogens (tertiary/aromatic N) is 1. The van der Waals surface area contributed by atoms with Gasteiger partial charge >= 0.3 is 0 Å². The van der Waals surface area contributed by atoms with E-state index >= 15 is 0 Å². The molecule has 6 heteroatoms. The summed E-state index contributed by atoms with van der Waals surface area (Å²) in [7, 11) is -0.251. The molecule has 0 atom stereocenters. The Morgan fingerprint density at radius 2 is 1.95 bits per heavy atom. The summed E-state index contributed by atoms with van der Waals surface area (Å²) >= 11 is 0. The second kappa shape index (κ2) is 6.88. The molecular weight excluding hydrogens is 264 g/mol. The van der Waals surface area contributed by atoms with E-state index < -0.39 is 10.0 Å². The first kappa shape index (κ1) is 15.9. The zero-order valence-electron chi connectivity index (χ0n) is 11.9. The van der Waals surface area contributed by atoms with Gasteiger partial charge in [0, 0.05) is 26.7 Å².